The van der Waals surface area contributed by atoms with E-state index in [1.807, 2.05) is 33.9 Å². The minimum absolute atomic E-state index is 0.124. The van der Waals surface area contributed by atoms with Gasteiger partial charge in [0.25, 0.3) is 0 Å². The van der Waals surface area contributed by atoms with Crippen LogP contribution in [0.15, 0.2) is 6.07 Å². The second-order valence-electron chi connectivity index (χ2n) is 8.71. The summed E-state index contributed by atoms with van der Waals surface area (Å²) in [7, 11) is 3.59. The maximum atomic E-state index is 13.3. The number of nitrogen functional groups attached to an aromatic ring is 1. The fraction of sp³-hybridized carbons (Fsp3) is 0.500. The summed E-state index contributed by atoms with van der Waals surface area (Å²) in [6, 6.07) is 1.59. The van der Waals surface area contributed by atoms with Crippen LogP contribution in [0.25, 0.3) is 0 Å². The molecule has 194 valence electrons. The van der Waals surface area contributed by atoms with Gasteiger partial charge in [0.1, 0.15) is 0 Å². The molecule has 0 bridgehead atoms. The van der Waals surface area contributed by atoms with Crippen molar-refractivity contribution < 1.29 is 38.0 Å². The highest BCUT2D eigenvalue weighted by atomic mass is 16.7. The Balaban J connectivity index is 1.76. The lowest BCUT2D eigenvalue weighted by Gasteiger charge is -2.38. The fourth-order valence-corrected chi connectivity index (χ4v) is 5.37. The molecule has 0 unspecified atom stereocenters. The van der Waals surface area contributed by atoms with Crippen LogP contribution in [0.5, 0.6) is 34.5 Å². The number of hydrogen-bond acceptors (Lipinski definition) is 10. The number of cyclic esters (lactones) is 1. The smallest absolute Gasteiger partial charge is 0.341 e. The van der Waals surface area contributed by atoms with E-state index in [9.17, 15) is 4.79 Å². The third-order valence-electron chi connectivity index (χ3n) is 6.77. The molecule has 2 N–H and O–H groups in total. The van der Waals surface area contributed by atoms with Crippen molar-refractivity contribution in [2.24, 2.45) is 0 Å². The lowest BCUT2D eigenvalue weighted by atomic mass is 9.85. The Morgan fingerprint density at radius 3 is 2.39 bits per heavy atom. The van der Waals surface area contributed by atoms with Gasteiger partial charge in [-0.15, -0.1) is 0 Å². The number of benzene rings is 2. The monoisotopic (exact) mass is 500 g/mol. The maximum Gasteiger partial charge on any atom is 0.341 e. The zero-order chi connectivity index (χ0) is 25.6. The molecule has 3 aliphatic rings. The number of carbonyl (C=O) groups is 1. The number of esters is 1. The normalized spacial score (nSPS) is 20.0. The number of methoxy groups -OCH3 is 1. The molecular formula is C26H32N2O8. The zero-order valence-electron chi connectivity index (χ0n) is 21.3. The molecule has 0 fully saturated rings. The van der Waals surface area contributed by atoms with Crippen LogP contribution in [-0.4, -0.2) is 58.2 Å². The first-order valence-corrected chi connectivity index (χ1v) is 12.2. The predicted molar refractivity (Wildman–Crippen MR) is 131 cm³/mol. The number of fused-ring (bicyclic) bond motifs is 3. The molecule has 3 heterocycles. The van der Waals surface area contributed by atoms with E-state index >= 15 is 0 Å². The number of carbonyl (C=O) groups excluding carboxylic acids is 1. The van der Waals surface area contributed by atoms with Crippen molar-refractivity contribution >= 4 is 11.7 Å². The van der Waals surface area contributed by atoms with Gasteiger partial charge in [-0.2, -0.15) is 0 Å². The average Bonchev–Trinajstić information content (AvgIpc) is 3.46. The largest absolute Gasteiger partial charge is 0.492 e. The van der Waals surface area contributed by atoms with Gasteiger partial charge in [-0.1, -0.05) is 0 Å². The van der Waals surface area contributed by atoms with Crippen LogP contribution in [0.2, 0.25) is 0 Å². The SMILES string of the molecule is CCOc1c(N)c2c(c(OCC)c1OCC)[C@H]([C@@H]1c3c(cc4c(c3OC)OCO4)CCN1C)OC2=O. The van der Waals surface area contributed by atoms with Gasteiger partial charge in [-0.3, -0.25) is 4.90 Å². The topological polar surface area (TPSA) is 111 Å². The third kappa shape index (κ3) is 3.54. The Kier molecular flexibility index (Phi) is 6.38. The molecule has 0 amide bonds. The number of hydrogen-bond donors (Lipinski definition) is 1. The van der Waals surface area contributed by atoms with Crippen molar-refractivity contribution in [3.8, 4) is 34.5 Å². The summed E-state index contributed by atoms with van der Waals surface area (Å²) in [5.74, 6) is 2.31. The molecule has 0 saturated carbocycles. The van der Waals surface area contributed by atoms with Crippen LogP contribution in [0.3, 0.4) is 0 Å². The first-order chi connectivity index (χ1) is 17.5. The number of likely N-dealkylation sites (N-methyl/N-ethyl adjacent to an activating group) is 1. The second-order valence-corrected chi connectivity index (χ2v) is 8.71. The molecule has 2 atom stereocenters. The molecule has 0 spiro atoms. The highest BCUT2D eigenvalue weighted by Crippen LogP contribution is 2.59. The van der Waals surface area contributed by atoms with E-state index in [1.165, 1.54) is 0 Å². The summed E-state index contributed by atoms with van der Waals surface area (Å²) in [5.41, 5.74) is 9.43. The van der Waals surface area contributed by atoms with E-state index in [2.05, 4.69) is 4.90 Å². The van der Waals surface area contributed by atoms with Gasteiger partial charge in [0.05, 0.1) is 49.8 Å². The maximum absolute atomic E-state index is 13.3. The Labute approximate surface area is 210 Å². The molecule has 2 aromatic rings. The Morgan fingerprint density at radius 1 is 1.00 bits per heavy atom. The van der Waals surface area contributed by atoms with Crippen molar-refractivity contribution in [3.63, 3.8) is 0 Å². The molecule has 0 aliphatic carbocycles. The molecule has 0 aromatic heterocycles. The third-order valence-corrected chi connectivity index (χ3v) is 6.77. The number of ether oxygens (including phenoxy) is 7. The highest BCUT2D eigenvalue weighted by molar-refractivity contribution is 6.03. The van der Waals surface area contributed by atoms with Crippen LogP contribution in [0.4, 0.5) is 5.69 Å². The number of anilines is 1. The molecule has 0 radical (unpaired) electrons. The number of nitrogens with zero attached hydrogens (tertiary/aromatic N) is 1. The number of rotatable bonds is 8. The summed E-state index contributed by atoms with van der Waals surface area (Å²) in [6.45, 7) is 7.50. The zero-order valence-corrected chi connectivity index (χ0v) is 21.3. The second kappa shape index (κ2) is 9.50. The van der Waals surface area contributed by atoms with Crippen molar-refractivity contribution in [2.75, 3.05) is 53.0 Å². The van der Waals surface area contributed by atoms with Crippen LogP contribution in [-0.2, 0) is 11.2 Å². The lowest BCUT2D eigenvalue weighted by molar-refractivity contribution is 0.00816. The van der Waals surface area contributed by atoms with Gasteiger partial charge >= 0.3 is 5.97 Å². The van der Waals surface area contributed by atoms with Gasteiger partial charge in [0, 0.05) is 12.1 Å². The van der Waals surface area contributed by atoms with Crippen LogP contribution in [0, 0.1) is 0 Å². The van der Waals surface area contributed by atoms with Crippen molar-refractivity contribution in [3.05, 3.63) is 28.3 Å². The van der Waals surface area contributed by atoms with E-state index in [0.29, 0.717) is 54.1 Å². The number of nitrogens with two attached hydrogens (primary N) is 1. The van der Waals surface area contributed by atoms with Gasteiger partial charge in [0.15, 0.2) is 29.1 Å². The Bertz CT molecular complexity index is 1200. The Hall–Kier alpha value is -3.53. The minimum atomic E-state index is -0.732. The lowest BCUT2D eigenvalue weighted by Crippen LogP contribution is -2.36. The van der Waals surface area contributed by atoms with Crippen LogP contribution >= 0.6 is 0 Å². The average molecular weight is 501 g/mol. The van der Waals surface area contributed by atoms with E-state index in [4.69, 9.17) is 38.9 Å². The van der Waals surface area contributed by atoms with Gasteiger partial charge in [-0.05, 0) is 45.9 Å². The quantitative estimate of drug-likeness (QED) is 0.426. The summed E-state index contributed by atoms with van der Waals surface area (Å²) >= 11 is 0. The fourth-order valence-electron chi connectivity index (χ4n) is 5.37. The van der Waals surface area contributed by atoms with Crippen LogP contribution in [0.1, 0.15) is 60.0 Å². The van der Waals surface area contributed by atoms with Crippen molar-refractivity contribution in [1.82, 2.24) is 4.90 Å². The molecule has 3 aliphatic heterocycles. The predicted octanol–water partition coefficient (Wildman–Crippen LogP) is 3.64. The van der Waals surface area contributed by atoms with E-state index in [1.54, 1.807) is 7.11 Å². The van der Waals surface area contributed by atoms with E-state index < -0.39 is 18.1 Å². The molecule has 10 nitrogen and oxygen atoms in total. The molecule has 0 saturated heterocycles. The van der Waals surface area contributed by atoms with Crippen LogP contribution < -0.4 is 34.2 Å². The molecule has 10 heteroatoms. The van der Waals surface area contributed by atoms with Gasteiger partial charge in [-0.25, -0.2) is 4.79 Å². The molecule has 36 heavy (non-hydrogen) atoms. The first-order valence-electron chi connectivity index (χ1n) is 12.2. The van der Waals surface area contributed by atoms with E-state index in [-0.39, 0.29) is 23.8 Å². The highest BCUT2D eigenvalue weighted by Gasteiger charge is 2.49. The van der Waals surface area contributed by atoms with Gasteiger partial charge < -0.3 is 38.9 Å². The summed E-state index contributed by atoms with van der Waals surface area (Å²) in [6.07, 6.45) is 0.0427. The summed E-state index contributed by atoms with van der Waals surface area (Å²) < 4.78 is 41.2. The molecular weight excluding hydrogens is 468 g/mol. The van der Waals surface area contributed by atoms with Gasteiger partial charge in [0.2, 0.25) is 18.3 Å². The Morgan fingerprint density at radius 2 is 1.69 bits per heavy atom. The summed E-state index contributed by atoms with van der Waals surface area (Å²) in [5, 5.41) is 0. The standard InChI is InChI=1S/C26H32N2O8/c1-6-31-23-17-16(18(27)24(32-7-2)25(23)33-8-3)26(29)36-21(17)19-15-13(9-10-28(19)4)11-14-20(22(15)30-5)35-12-34-14/h11,19,21H,6-10,12,27H2,1-5H3/t19-,21+/m0/s1. The molecule has 2 aromatic carbocycles. The van der Waals surface area contributed by atoms with E-state index in [0.717, 1.165) is 24.1 Å². The summed E-state index contributed by atoms with van der Waals surface area (Å²) in [4.78, 5) is 15.5. The molecule has 5 rings (SSSR count). The first kappa shape index (κ1) is 24.2. The van der Waals surface area contributed by atoms with Crippen molar-refractivity contribution in [1.29, 1.82) is 0 Å². The van der Waals surface area contributed by atoms with Crippen molar-refractivity contribution in [2.45, 2.75) is 39.3 Å². The minimum Gasteiger partial charge on any atom is -0.492 e.